The molecule has 104 valence electrons. The minimum absolute atomic E-state index is 0.524. The Bertz CT molecular complexity index is 584. The molecule has 0 fully saturated rings. The van der Waals surface area contributed by atoms with Crippen LogP contribution in [0.1, 0.15) is 13.8 Å². The van der Waals surface area contributed by atoms with Gasteiger partial charge in [0.05, 0.1) is 0 Å². The number of fused-ring (bicyclic) bond motifs is 1. The Balaban J connectivity index is 2.36. The van der Waals surface area contributed by atoms with Crippen molar-refractivity contribution in [2.75, 3.05) is 13.2 Å². The van der Waals surface area contributed by atoms with Gasteiger partial charge in [0.15, 0.2) is 0 Å². The zero-order valence-electron chi connectivity index (χ0n) is 12.1. The molecule has 0 saturated heterocycles. The van der Waals surface area contributed by atoms with Gasteiger partial charge >= 0.3 is 0 Å². The molecule has 20 heavy (non-hydrogen) atoms. The summed E-state index contributed by atoms with van der Waals surface area (Å²) in [6.45, 7) is 12.7. The molecule has 2 heteroatoms. The van der Waals surface area contributed by atoms with Crippen LogP contribution in [0, 0.1) is 0 Å². The predicted octanol–water partition coefficient (Wildman–Crippen LogP) is 4.75. The molecule has 0 spiro atoms. The van der Waals surface area contributed by atoms with Crippen LogP contribution in [-0.4, -0.2) is 13.2 Å². The summed E-state index contributed by atoms with van der Waals surface area (Å²) >= 11 is 0. The zero-order chi connectivity index (χ0) is 14.5. The fourth-order valence-electron chi connectivity index (χ4n) is 1.90. The van der Waals surface area contributed by atoms with Gasteiger partial charge in [-0.1, -0.05) is 37.4 Å². The van der Waals surface area contributed by atoms with E-state index in [-0.39, 0.29) is 0 Å². The molecule has 0 aliphatic heterocycles. The molecule has 0 aliphatic carbocycles. The highest BCUT2D eigenvalue weighted by Gasteiger charge is 2.07. The molecule has 2 aromatic rings. The monoisotopic (exact) mass is 268 g/mol. The fraction of sp³-hybridized carbons (Fsp3) is 0.222. The van der Waals surface area contributed by atoms with Crippen molar-refractivity contribution in [3.05, 3.63) is 60.7 Å². The van der Waals surface area contributed by atoms with Crippen molar-refractivity contribution in [3.63, 3.8) is 0 Å². The van der Waals surface area contributed by atoms with E-state index >= 15 is 0 Å². The molecule has 0 unspecified atom stereocenters. The first kappa shape index (κ1) is 14.2. The van der Waals surface area contributed by atoms with E-state index < -0.39 is 0 Å². The highest BCUT2D eigenvalue weighted by molar-refractivity contribution is 5.93. The topological polar surface area (TPSA) is 18.5 Å². The molecule has 0 heterocycles. The molecular weight excluding hydrogens is 248 g/mol. The van der Waals surface area contributed by atoms with Gasteiger partial charge in [-0.3, -0.25) is 0 Å². The van der Waals surface area contributed by atoms with E-state index in [1.165, 1.54) is 0 Å². The van der Waals surface area contributed by atoms with Crippen molar-refractivity contribution in [3.8, 4) is 11.5 Å². The van der Waals surface area contributed by atoms with E-state index in [1.807, 2.05) is 50.2 Å². The molecule has 2 rings (SSSR count). The number of ether oxygens (including phenoxy) is 2. The summed E-state index contributed by atoms with van der Waals surface area (Å²) < 4.78 is 11.6. The van der Waals surface area contributed by atoms with E-state index in [9.17, 15) is 0 Å². The van der Waals surface area contributed by atoms with Crippen LogP contribution in [-0.2, 0) is 0 Å². The van der Waals surface area contributed by atoms with Crippen LogP contribution in [0.5, 0.6) is 11.5 Å². The summed E-state index contributed by atoms with van der Waals surface area (Å²) in [5, 5.41) is 2.10. The third kappa shape index (κ3) is 3.41. The minimum Gasteiger partial charge on any atom is -0.489 e. The Hall–Kier alpha value is -2.22. The van der Waals surface area contributed by atoms with E-state index in [4.69, 9.17) is 9.47 Å². The maximum absolute atomic E-state index is 5.79. The third-order valence-electron chi connectivity index (χ3n) is 2.79. The van der Waals surface area contributed by atoms with Gasteiger partial charge in [-0.25, -0.2) is 0 Å². The lowest BCUT2D eigenvalue weighted by atomic mass is 10.1. The Morgan fingerprint density at radius 3 is 1.55 bits per heavy atom. The summed E-state index contributed by atoms with van der Waals surface area (Å²) in [5.41, 5.74) is 1.99. The summed E-state index contributed by atoms with van der Waals surface area (Å²) in [5.74, 6) is 1.71. The number of hydrogen-bond donors (Lipinski definition) is 0. The molecule has 2 aromatic carbocycles. The minimum atomic E-state index is 0.524. The maximum atomic E-state index is 5.79. The molecule has 0 aromatic heterocycles. The van der Waals surface area contributed by atoms with Gasteiger partial charge in [0.1, 0.15) is 24.7 Å². The zero-order valence-corrected chi connectivity index (χ0v) is 12.1. The first-order valence-corrected chi connectivity index (χ1v) is 6.64. The lowest BCUT2D eigenvalue weighted by Gasteiger charge is -2.13. The molecular formula is C18H20O2. The first-order chi connectivity index (χ1) is 9.58. The highest BCUT2D eigenvalue weighted by Crippen LogP contribution is 2.33. The number of rotatable bonds is 6. The second-order valence-corrected chi connectivity index (χ2v) is 5.10. The standard InChI is InChI=1S/C18H20O2/c1-13(2)11-19-17-9-10-18(20-12-14(3)4)16-8-6-5-7-15(16)17/h5-10H,1,3,11-12H2,2,4H3. The van der Waals surface area contributed by atoms with Crippen LogP contribution in [0.15, 0.2) is 60.7 Å². The summed E-state index contributed by atoms with van der Waals surface area (Å²) in [7, 11) is 0. The average molecular weight is 268 g/mol. The smallest absolute Gasteiger partial charge is 0.127 e. The van der Waals surface area contributed by atoms with E-state index in [2.05, 4.69) is 13.2 Å². The van der Waals surface area contributed by atoms with Gasteiger partial charge in [0, 0.05) is 10.8 Å². The summed E-state index contributed by atoms with van der Waals surface area (Å²) in [4.78, 5) is 0. The van der Waals surface area contributed by atoms with E-state index in [0.29, 0.717) is 13.2 Å². The quantitative estimate of drug-likeness (QED) is 0.704. The summed E-state index contributed by atoms with van der Waals surface area (Å²) in [6, 6.07) is 12.0. The molecule has 0 radical (unpaired) electrons. The fourth-order valence-corrected chi connectivity index (χ4v) is 1.90. The van der Waals surface area contributed by atoms with Crippen LogP contribution in [0.25, 0.3) is 10.8 Å². The predicted molar refractivity (Wildman–Crippen MR) is 84.6 cm³/mol. The van der Waals surface area contributed by atoms with E-state index in [1.54, 1.807) is 0 Å². The van der Waals surface area contributed by atoms with Gasteiger partial charge in [0.2, 0.25) is 0 Å². The van der Waals surface area contributed by atoms with Crippen molar-refractivity contribution < 1.29 is 9.47 Å². The van der Waals surface area contributed by atoms with E-state index in [0.717, 1.165) is 33.4 Å². The van der Waals surface area contributed by atoms with Gasteiger partial charge in [-0.2, -0.15) is 0 Å². The van der Waals surface area contributed by atoms with Crippen LogP contribution < -0.4 is 9.47 Å². The maximum Gasteiger partial charge on any atom is 0.127 e. The molecule has 0 N–H and O–H groups in total. The van der Waals surface area contributed by atoms with Crippen LogP contribution in [0.3, 0.4) is 0 Å². The normalized spacial score (nSPS) is 10.3. The van der Waals surface area contributed by atoms with Gasteiger partial charge in [0.25, 0.3) is 0 Å². The average Bonchev–Trinajstić information content (AvgIpc) is 2.43. The molecule has 0 atom stereocenters. The Kier molecular flexibility index (Phi) is 4.46. The Morgan fingerprint density at radius 1 is 0.800 bits per heavy atom. The lowest BCUT2D eigenvalue weighted by molar-refractivity contribution is 0.349. The van der Waals surface area contributed by atoms with Crippen LogP contribution in [0.2, 0.25) is 0 Å². The largest absolute Gasteiger partial charge is 0.489 e. The van der Waals surface area contributed by atoms with Crippen molar-refractivity contribution >= 4 is 10.8 Å². The SMILES string of the molecule is C=C(C)COc1ccc(OCC(=C)C)c2ccccc12. The highest BCUT2D eigenvalue weighted by atomic mass is 16.5. The number of hydrogen-bond acceptors (Lipinski definition) is 2. The third-order valence-corrected chi connectivity index (χ3v) is 2.79. The second-order valence-electron chi connectivity index (χ2n) is 5.10. The molecule has 0 bridgehead atoms. The van der Waals surface area contributed by atoms with Crippen molar-refractivity contribution in [2.45, 2.75) is 13.8 Å². The van der Waals surface area contributed by atoms with Gasteiger partial charge in [-0.05, 0) is 37.1 Å². The van der Waals surface area contributed by atoms with Crippen molar-refractivity contribution in [1.82, 2.24) is 0 Å². The second kappa shape index (κ2) is 6.29. The van der Waals surface area contributed by atoms with Crippen LogP contribution in [0.4, 0.5) is 0 Å². The van der Waals surface area contributed by atoms with Gasteiger partial charge < -0.3 is 9.47 Å². The molecule has 0 amide bonds. The molecule has 2 nitrogen and oxygen atoms in total. The van der Waals surface area contributed by atoms with Crippen molar-refractivity contribution in [1.29, 1.82) is 0 Å². The Labute approximate surface area is 120 Å². The molecule has 0 saturated carbocycles. The number of benzene rings is 2. The first-order valence-electron chi connectivity index (χ1n) is 6.64. The lowest BCUT2D eigenvalue weighted by Crippen LogP contribution is -2.01. The van der Waals surface area contributed by atoms with Gasteiger partial charge in [-0.15, -0.1) is 0 Å². The van der Waals surface area contributed by atoms with Crippen molar-refractivity contribution in [2.24, 2.45) is 0 Å². The Morgan fingerprint density at radius 2 is 1.20 bits per heavy atom. The van der Waals surface area contributed by atoms with Crippen LogP contribution >= 0.6 is 0 Å². The molecule has 0 aliphatic rings. The summed E-state index contributed by atoms with van der Waals surface area (Å²) in [6.07, 6.45) is 0.